The molecule has 0 radical (unpaired) electrons. The summed E-state index contributed by atoms with van der Waals surface area (Å²) >= 11 is 0. The molecule has 1 aliphatic carbocycles. The van der Waals surface area contributed by atoms with Gasteiger partial charge in [-0.15, -0.1) is 0 Å². The molecule has 1 saturated heterocycles. The number of carboxylic acid groups (broad SMARTS) is 1. The van der Waals surface area contributed by atoms with Crippen molar-refractivity contribution in [2.45, 2.75) is 44.2 Å². The number of hydrogen-bond donors (Lipinski definition) is 3. The Balaban J connectivity index is 1.87. The van der Waals surface area contributed by atoms with Gasteiger partial charge in [0, 0.05) is 19.6 Å². The molecule has 1 heterocycles. The molecule has 2 fully saturated rings. The van der Waals surface area contributed by atoms with Gasteiger partial charge >= 0.3 is 12.0 Å². The summed E-state index contributed by atoms with van der Waals surface area (Å²) in [5.74, 6) is -1.50. The van der Waals surface area contributed by atoms with Crippen molar-refractivity contribution in [3.05, 3.63) is 0 Å². The Morgan fingerprint density at radius 3 is 2.50 bits per heavy atom. The highest BCUT2D eigenvalue weighted by molar-refractivity contribution is 5.88. The van der Waals surface area contributed by atoms with E-state index < -0.39 is 24.0 Å². The van der Waals surface area contributed by atoms with Crippen LogP contribution in [0.25, 0.3) is 0 Å². The van der Waals surface area contributed by atoms with Gasteiger partial charge in [0.05, 0.1) is 5.92 Å². The molecule has 0 bridgehead atoms. The second-order valence-corrected chi connectivity index (χ2v) is 5.55. The molecule has 2 rings (SSSR count). The summed E-state index contributed by atoms with van der Waals surface area (Å²) in [4.78, 5) is 36.3. The molecule has 3 unspecified atom stereocenters. The van der Waals surface area contributed by atoms with E-state index in [0.29, 0.717) is 25.8 Å². The topological polar surface area (TPSA) is 98.7 Å². The predicted molar refractivity (Wildman–Crippen MR) is 71.1 cm³/mol. The van der Waals surface area contributed by atoms with Crippen LogP contribution in [0.3, 0.4) is 0 Å². The summed E-state index contributed by atoms with van der Waals surface area (Å²) in [5.41, 5.74) is 0. The summed E-state index contributed by atoms with van der Waals surface area (Å²) < 4.78 is 0. The first-order valence-corrected chi connectivity index (χ1v) is 7.04. The predicted octanol–water partition coefficient (Wildman–Crippen LogP) is 0.160. The summed E-state index contributed by atoms with van der Waals surface area (Å²) in [5, 5.41) is 14.5. The number of amides is 3. The number of likely N-dealkylation sites (tertiary alicyclic amines) is 1. The second kappa shape index (κ2) is 6.11. The minimum absolute atomic E-state index is 0.0985. The van der Waals surface area contributed by atoms with Crippen molar-refractivity contribution in [1.82, 2.24) is 15.5 Å². The van der Waals surface area contributed by atoms with Crippen LogP contribution in [0.15, 0.2) is 0 Å². The molecule has 2 aliphatic rings. The Bertz CT molecular complexity index is 412. The van der Waals surface area contributed by atoms with Crippen LogP contribution < -0.4 is 10.6 Å². The van der Waals surface area contributed by atoms with E-state index in [4.69, 9.17) is 5.11 Å². The number of likely N-dealkylation sites (N-methyl/N-ethyl adjacent to an activating group) is 1. The molecule has 7 heteroatoms. The fourth-order valence-electron chi connectivity index (χ4n) is 2.92. The van der Waals surface area contributed by atoms with Crippen LogP contribution in [0.4, 0.5) is 4.79 Å². The number of rotatable bonds is 3. The van der Waals surface area contributed by atoms with Gasteiger partial charge in [0.2, 0.25) is 5.91 Å². The molecular weight excluding hydrogens is 262 g/mol. The van der Waals surface area contributed by atoms with Gasteiger partial charge in [-0.05, 0) is 19.3 Å². The maximum Gasteiger partial charge on any atom is 0.315 e. The van der Waals surface area contributed by atoms with Crippen molar-refractivity contribution < 1.29 is 19.5 Å². The molecule has 0 aromatic rings. The molecule has 0 spiro atoms. The van der Waals surface area contributed by atoms with E-state index in [1.54, 1.807) is 11.9 Å². The van der Waals surface area contributed by atoms with E-state index in [0.717, 1.165) is 12.8 Å². The fourth-order valence-corrected chi connectivity index (χ4v) is 2.92. The van der Waals surface area contributed by atoms with E-state index in [2.05, 4.69) is 10.6 Å². The zero-order valence-electron chi connectivity index (χ0n) is 11.6. The Morgan fingerprint density at radius 1 is 1.20 bits per heavy atom. The molecule has 20 heavy (non-hydrogen) atoms. The number of nitrogens with one attached hydrogen (secondary N) is 2. The Hall–Kier alpha value is -1.79. The maximum absolute atomic E-state index is 11.9. The van der Waals surface area contributed by atoms with E-state index in [-0.39, 0.29) is 11.9 Å². The SMILES string of the molecule is CN1CCC(NC(=O)NC2CCCCC2C(=O)O)C1=O. The van der Waals surface area contributed by atoms with Crippen LogP contribution in [0, 0.1) is 5.92 Å². The highest BCUT2D eigenvalue weighted by Crippen LogP contribution is 2.24. The zero-order valence-corrected chi connectivity index (χ0v) is 11.6. The molecular formula is C13H21N3O4. The van der Waals surface area contributed by atoms with Gasteiger partial charge in [0.1, 0.15) is 6.04 Å². The Labute approximate surface area is 117 Å². The van der Waals surface area contributed by atoms with Gasteiger partial charge in [-0.3, -0.25) is 9.59 Å². The van der Waals surface area contributed by atoms with Crippen LogP contribution in [0.5, 0.6) is 0 Å². The largest absolute Gasteiger partial charge is 0.481 e. The van der Waals surface area contributed by atoms with Crippen molar-refractivity contribution in [3.8, 4) is 0 Å². The molecule has 0 aromatic carbocycles. The normalized spacial score (nSPS) is 30.1. The molecule has 1 aliphatic heterocycles. The summed E-state index contributed by atoms with van der Waals surface area (Å²) in [6, 6.07) is -1.29. The summed E-state index contributed by atoms with van der Waals surface area (Å²) in [6.45, 7) is 0.630. The van der Waals surface area contributed by atoms with E-state index in [1.807, 2.05) is 0 Å². The molecule has 3 amide bonds. The van der Waals surface area contributed by atoms with Crippen molar-refractivity contribution in [3.63, 3.8) is 0 Å². The molecule has 3 atom stereocenters. The van der Waals surface area contributed by atoms with Crippen molar-refractivity contribution in [2.75, 3.05) is 13.6 Å². The number of carbonyl (C=O) groups is 3. The average Bonchev–Trinajstić information content (AvgIpc) is 2.71. The lowest BCUT2D eigenvalue weighted by atomic mass is 9.84. The first-order valence-electron chi connectivity index (χ1n) is 7.04. The van der Waals surface area contributed by atoms with Gasteiger partial charge in [0.25, 0.3) is 0 Å². The molecule has 0 aromatic heterocycles. The quantitative estimate of drug-likeness (QED) is 0.687. The van der Waals surface area contributed by atoms with Crippen molar-refractivity contribution in [2.24, 2.45) is 5.92 Å². The average molecular weight is 283 g/mol. The Morgan fingerprint density at radius 2 is 1.90 bits per heavy atom. The van der Waals surface area contributed by atoms with Crippen molar-refractivity contribution >= 4 is 17.9 Å². The molecule has 1 saturated carbocycles. The van der Waals surface area contributed by atoms with Gasteiger partial charge in [-0.25, -0.2) is 4.79 Å². The van der Waals surface area contributed by atoms with Gasteiger partial charge < -0.3 is 20.6 Å². The van der Waals surface area contributed by atoms with E-state index >= 15 is 0 Å². The minimum atomic E-state index is -0.869. The number of hydrogen-bond acceptors (Lipinski definition) is 3. The van der Waals surface area contributed by atoms with E-state index in [1.165, 1.54) is 0 Å². The highest BCUT2D eigenvalue weighted by atomic mass is 16.4. The third kappa shape index (κ3) is 3.20. The van der Waals surface area contributed by atoms with Crippen LogP contribution in [0.2, 0.25) is 0 Å². The summed E-state index contributed by atoms with van der Waals surface area (Å²) in [6.07, 6.45) is 3.65. The number of carboxylic acids is 1. The lowest BCUT2D eigenvalue weighted by Crippen LogP contribution is -2.52. The smallest absolute Gasteiger partial charge is 0.315 e. The maximum atomic E-state index is 11.9. The number of urea groups is 1. The van der Waals surface area contributed by atoms with Gasteiger partial charge in [-0.2, -0.15) is 0 Å². The van der Waals surface area contributed by atoms with Crippen LogP contribution in [0.1, 0.15) is 32.1 Å². The van der Waals surface area contributed by atoms with Gasteiger partial charge in [0.15, 0.2) is 0 Å². The fraction of sp³-hybridized carbons (Fsp3) is 0.769. The third-order valence-corrected chi connectivity index (χ3v) is 4.13. The van der Waals surface area contributed by atoms with Crippen LogP contribution in [-0.4, -0.2) is 53.6 Å². The number of aliphatic carboxylic acids is 1. The first kappa shape index (κ1) is 14.6. The number of carbonyl (C=O) groups excluding carboxylic acids is 2. The lowest BCUT2D eigenvalue weighted by Gasteiger charge is -2.29. The Kier molecular flexibility index (Phi) is 4.46. The summed E-state index contributed by atoms with van der Waals surface area (Å²) in [7, 11) is 1.70. The minimum Gasteiger partial charge on any atom is -0.481 e. The third-order valence-electron chi connectivity index (χ3n) is 4.13. The van der Waals surface area contributed by atoms with E-state index in [9.17, 15) is 14.4 Å². The van der Waals surface area contributed by atoms with Crippen molar-refractivity contribution in [1.29, 1.82) is 0 Å². The second-order valence-electron chi connectivity index (χ2n) is 5.55. The first-order chi connectivity index (χ1) is 9.49. The zero-order chi connectivity index (χ0) is 14.7. The standard InChI is InChI=1S/C13H21N3O4/c1-16-7-6-10(11(16)17)15-13(20)14-9-5-3-2-4-8(9)12(18)19/h8-10H,2-7H2,1H3,(H,18,19)(H2,14,15,20). The number of nitrogens with zero attached hydrogens (tertiary/aromatic N) is 1. The van der Waals surface area contributed by atoms with Crippen LogP contribution >= 0.6 is 0 Å². The molecule has 112 valence electrons. The van der Waals surface area contributed by atoms with Crippen LogP contribution in [-0.2, 0) is 9.59 Å². The lowest BCUT2D eigenvalue weighted by molar-refractivity contribution is -0.143. The molecule has 3 N–H and O–H groups in total. The van der Waals surface area contributed by atoms with Gasteiger partial charge in [-0.1, -0.05) is 12.8 Å². The monoisotopic (exact) mass is 283 g/mol. The highest BCUT2D eigenvalue weighted by Gasteiger charge is 2.34. The molecule has 7 nitrogen and oxygen atoms in total.